The number of aromatic nitrogens is 1. The SMILES string of the molecule is Cc1ccc(-c2nc3cc(Cl)ccc3o2)cc1N1C[C@H](C(=O)Cl)CC1=O. The monoisotopic (exact) mass is 388 g/mol. The number of rotatable bonds is 3. The fraction of sp³-hybridized carbons (Fsp3) is 0.211. The number of hydrogen-bond donors (Lipinski definition) is 0. The van der Waals surface area contributed by atoms with Gasteiger partial charge in [-0.3, -0.25) is 9.59 Å². The van der Waals surface area contributed by atoms with E-state index in [-0.39, 0.29) is 18.9 Å². The Morgan fingerprint density at radius 3 is 2.81 bits per heavy atom. The Hall–Kier alpha value is -2.37. The van der Waals surface area contributed by atoms with E-state index in [0.29, 0.717) is 22.0 Å². The predicted octanol–water partition coefficient (Wildman–Crippen LogP) is 4.57. The Morgan fingerprint density at radius 2 is 2.08 bits per heavy atom. The molecule has 0 N–H and O–H groups in total. The van der Waals surface area contributed by atoms with E-state index in [9.17, 15) is 9.59 Å². The first-order chi connectivity index (χ1) is 12.4. The minimum atomic E-state index is -0.481. The van der Waals surface area contributed by atoms with E-state index < -0.39 is 11.2 Å². The maximum Gasteiger partial charge on any atom is 0.227 e. The largest absolute Gasteiger partial charge is 0.436 e. The highest BCUT2D eigenvalue weighted by Crippen LogP contribution is 2.33. The molecule has 1 atom stereocenters. The van der Waals surface area contributed by atoms with E-state index in [1.165, 1.54) is 0 Å². The molecular weight excluding hydrogens is 375 g/mol. The van der Waals surface area contributed by atoms with Gasteiger partial charge in [-0.25, -0.2) is 4.98 Å². The van der Waals surface area contributed by atoms with Crippen LogP contribution in [0.1, 0.15) is 12.0 Å². The number of carbonyl (C=O) groups is 2. The standard InChI is InChI=1S/C19H14Cl2N2O3/c1-10-2-3-11(19-22-14-8-13(20)4-5-16(14)26-19)6-15(10)23-9-12(18(21)25)7-17(23)24/h2-6,8,12H,7,9H2,1H3/t12-/m1/s1. The quantitative estimate of drug-likeness (QED) is 0.616. The van der Waals surface area contributed by atoms with Crippen LogP contribution >= 0.6 is 23.2 Å². The van der Waals surface area contributed by atoms with Crippen LogP contribution in [-0.4, -0.2) is 22.7 Å². The van der Waals surface area contributed by atoms with Crippen molar-refractivity contribution < 1.29 is 14.0 Å². The van der Waals surface area contributed by atoms with E-state index in [1.54, 1.807) is 23.1 Å². The molecule has 26 heavy (non-hydrogen) atoms. The molecule has 1 aliphatic rings. The van der Waals surface area contributed by atoms with Crippen LogP contribution in [0.2, 0.25) is 5.02 Å². The maximum atomic E-state index is 12.3. The summed E-state index contributed by atoms with van der Waals surface area (Å²) in [6.45, 7) is 2.20. The molecule has 1 aromatic heterocycles. The molecule has 7 heteroatoms. The zero-order valence-electron chi connectivity index (χ0n) is 13.8. The summed E-state index contributed by atoms with van der Waals surface area (Å²) in [7, 11) is 0. The molecule has 1 aliphatic heterocycles. The number of anilines is 1. The zero-order chi connectivity index (χ0) is 18.4. The molecule has 3 aromatic rings. The minimum Gasteiger partial charge on any atom is -0.436 e. The van der Waals surface area contributed by atoms with Crippen LogP contribution in [0.5, 0.6) is 0 Å². The highest BCUT2D eigenvalue weighted by atomic mass is 35.5. The highest BCUT2D eigenvalue weighted by Gasteiger charge is 2.35. The van der Waals surface area contributed by atoms with Crippen LogP contribution in [0.25, 0.3) is 22.6 Å². The first-order valence-electron chi connectivity index (χ1n) is 8.09. The Bertz CT molecular complexity index is 1040. The van der Waals surface area contributed by atoms with E-state index in [0.717, 1.165) is 16.8 Å². The third-order valence-corrected chi connectivity index (χ3v) is 5.09. The van der Waals surface area contributed by atoms with Gasteiger partial charge in [-0.15, -0.1) is 0 Å². The molecule has 0 spiro atoms. The molecule has 4 rings (SSSR count). The van der Waals surface area contributed by atoms with Gasteiger partial charge < -0.3 is 9.32 Å². The molecular formula is C19H14Cl2N2O3. The van der Waals surface area contributed by atoms with Crippen molar-refractivity contribution in [3.05, 3.63) is 47.0 Å². The minimum absolute atomic E-state index is 0.117. The molecule has 0 unspecified atom stereocenters. The van der Waals surface area contributed by atoms with Crippen LogP contribution in [0.15, 0.2) is 40.8 Å². The number of oxazole rings is 1. The molecule has 132 valence electrons. The lowest BCUT2D eigenvalue weighted by molar-refractivity contribution is -0.120. The topological polar surface area (TPSA) is 63.4 Å². The first kappa shape index (κ1) is 17.1. The van der Waals surface area contributed by atoms with E-state index >= 15 is 0 Å². The van der Waals surface area contributed by atoms with Crippen LogP contribution in [0.4, 0.5) is 5.69 Å². The summed E-state index contributed by atoms with van der Waals surface area (Å²) in [4.78, 5) is 29.8. The second-order valence-corrected chi connectivity index (χ2v) is 7.15. The van der Waals surface area contributed by atoms with Gasteiger partial charge in [0.05, 0.1) is 5.92 Å². The maximum absolute atomic E-state index is 12.3. The Morgan fingerprint density at radius 1 is 1.27 bits per heavy atom. The van der Waals surface area contributed by atoms with Gasteiger partial charge in [-0.05, 0) is 54.4 Å². The third kappa shape index (κ3) is 2.97. The molecule has 2 aromatic carbocycles. The van der Waals surface area contributed by atoms with Gasteiger partial charge in [0.25, 0.3) is 0 Å². The van der Waals surface area contributed by atoms with Gasteiger partial charge in [-0.2, -0.15) is 0 Å². The van der Waals surface area contributed by atoms with Crippen molar-refractivity contribution in [2.24, 2.45) is 5.92 Å². The van der Waals surface area contributed by atoms with Gasteiger partial charge >= 0.3 is 0 Å². The van der Waals surface area contributed by atoms with Crippen LogP contribution in [0.3, 0.4) is 0 Å². The normalized spacial score (nSPS) is 17.3. The van der Waals surface area contributed by atoms with Crippen LogP contribution in [0, 0.1) is 12.8 Å². The number of nitrogens with zero attached hydrogens (tertiary/aromatic N) is 2. The molecule has 0 bridgehead atoms. The lowest BCUT2D eigenvalue weighted by atomic mass is 10.1. The summed E-state index contributed by atoms with van der Waals surface area (Å²) >= 11 is 11.6. The van der Waals surface area contributed by atoms with Crippen molar-refractivity contribution >= 4 is 51.1 Å². The van der Waals surface area contributed by atoms with Crippen molar-refractivity contribution in [1.82, 2.24) is 4.98 Å². The number of halogens is 2. The second kappa shape index (κ2) is 6.41. The number of aryl methyl sites for hydroxylation is 1. The zero-order valence-corrected chi connectivity index (χ0v) is 15.3. The molecule has 1 saturated heterocycles. The number of amides is 1. The molecule has 1 amide bonds. The molecule has 0 radical (unpaired) electrons. The molecule has 5 nitrogen and oxygen atoms in total. The third-order valence-electron chi connectivity index (χ3n) is 4.54. The summed E-state index contributed by atoms with van der Waals surface area (Å²) in [5, 5.41) is 0.104. The second-order valence-electron chi connectivity index (χ2n) is 6.34. The number of benzene rings is 2. The van der Waals surface area contributed by atoms with Gasteiger partial charge in [0.2, 0.25) is 17.0 Å². The summed E-state index contributed by atoms with van der Waals surface area (Å²) in [6.07, 6.45) is 0.132. The van der Waals surface area contributed by atoms with Crippen molar-refractivity contribution in [1.29, 1.82) is 0 Å². The number of fused-ring (bicyclic) bond motifs is 1. The smallest absolute Gasteiger partial charge is 0.227 e. The number of carbonyl (C=O) groups excluding carboxylic acids is 2. The van der Waals surface area contributed by atoms with E-state index in [4.69, 9.17) is 27.6 Å². The van der Waals surface area contributed by atoms with Gasteiger partial charge in [-0.1, -0.05) is 17.7 Å². The van der Waals surface area contributed by atoms with E-state index in [2.05, 4.69) is 4.98 Å². The van der Waals surface area contributed by atoms with Crippen LogP contribution in [-0.2, 0) is 9.59 Å². The average molecular weight is 389 g/mol. The molecule has 1 fully saturated rings. The van der Waals surface area contributed by atoms with Crippen molar-refractivity contribution in [3.8, 4) is 11.5 Å². The molecule has 2 heterocycles. The first-order valence-corrected chi connectivity index (χ1v) is 8.85. The van der Waals surface area contributed by atoms with Gasteiger partial charge in [0, 0.05) is 29.2 Å². The van der Waals surface area contributed by atoms with Gasteiger partial charge in [0.1, 0.15) is 5.52 Å². The summed E-state index contributed by atoms with van der Waals surface area (Å²) < 4.78 is 5.80. The highest BCUT2D eigenvalue weighted by molar-refractivity contribution is 6.64. The van der Waals surface area contributed by atoms with E-state index in [1.807, 2.05) is 25.1 Å². The van der Waals surface area contributed by atoms with Crippen molar-refractivity contribution in [2.75, 3.05) is 11.4 Å². The Kier molecular flexibility index (Phi) is 4.21. The van der Waals surface area contributed by atoms with Crippen molar-refractivity contribution in [3.63, 3.8) is 0 Å². The fourth-order valence-corrected chi connectivity index (χ4v) is 3.46. The number of hydrogen-bond acceptors (Lipinski definition) is 4. The van der Waals surface area contributed by atoms with Gasteiger partial charge in [0.15, 0.2) is 5.58 Å². The Balaban J connectivity index is 1.74. The lowest BCUT2D eigenvalue weighted by Gasteiger charge is -2.19. The molecule has 0 saturated carbocycles. The summed E-state index contributed by atoms with van der Waals surface area (Å²) in [6, 6.07) is 10.9. The lowest BCUT2D eigenvalue weighted by Crippen LogP contribution is -2.26. The molecule has 0 aliphatic carbocycles. The predicted molar refractivity (Wildman–Crippen MR) is 101 cm³/mol. The van der Waals surface area contributed by atoms with Crippen LogP contribution < -0.4 is 4.90 Å². The summed E-state index contributed by atoms with van der Waals surface area (Å²) in [5.74, 6) is -0.146. The average Bonchev–Trinajstić information content (AvgIpc) is 3.18. The fourth-order valence-electron chi connectivity index (χ4n) is 3.15. The van der Waals surface area contributed by atoms with Crippen molar-refractivity contribution in [2.45, 2.75) is 13.3 Å². The Labute approximate surface area is 159 Å². The summed E-state index contributed by atoms with van der Waals surface area (Å²) in [5.41, 5.74) is 3.69.